The van der Waals surface area contributed by atoms with Gasteiger partial charge in [-0.15, -0.1) is 0 Å². The number of benzene rings is 2. The Hall–Kier alpha value is -3.17. The second-order valence-electron chi connectivity index (χ2n) is 5.69. The molecule has 0 aliphatic carbocycles. The summed E-state index contributed by atoms with van der Waals surface area (Å²) in [6.45, 7) is -0.140. The van der Waals surface area contributed by atoms with Gasteiger partial charge in [0.2, 0.25) is 10.0 Å². The van der Waals surface area contributed by atoms with E-state index in [9.17, 15) is 13.2 Å². The van der Waals surface area contributed by atoms with Crippen LogP contribution in [-0.4, -0.2) is 33.7 Å². The molecule has 28 heavy (non-hydrogen) atoms. The predicted molar refractivity (Wildman–Crippen MR) is 100 cm³/mol. The first-order valence-electron chi connectivity index (χ1n) is 8.24. The highest BCUT2D eigenvalue weighted by atomic mass is 32.2. The summed E-state index contributed by atoms with van der Waals surface area (Å²) in [6.07, 6.45) is 0. The van der Waals surface area contributed by atoms with Gasteiger partial charge in [-0.05, 0) is 25.2 Å². The Morgan fingerprint density at radius 3 is 2.57 bits per heavy atom. The minimum absolute atomic E-state index is 0.0671. The Morgan fingerprint density at radius 2 is 1.89 bits per heavy atom. The standard InChI is InChI=1S/C19H18N2O6S/c1-20-28(23,24)18-10-14(8-9-17(18)25-2)19(22)26-12-15-11-16(21-27-15)13-6-4-3-5-7-13/h3-11,20H,12H2,1-2H3. The van der Waals surface area contributed by atoms with E-state index in [0.717, 1.165) is 5.56 Å². The number of sulfonamides is 1. The normalized spacial score (nSPS) is 11.2. The molecule has 9 heteroatoms. The van der Waals surface area contributed by atoms with Crippen LogP contribution >= 0.6 is 0 Å². The summed E-state index contributed by atoms with van der Waals surface area (Å²) in [5.41, 5.74) is 1.57. The molecule has 2 aromatic carbocycles. The van der Waals surface area contributed by atoms with Crippen LogP contribution in [0.2, 0.25) is 0 Å². The molecule has 3 rings (SSSR count). The van der Waals surface area contributed by atoms with Crippen molar-refractivity contribution in [3.63, 3.8) is 0 Å². The first kappa shape index (κ1) is 19.6. The first-order chi connectivity index (χ1) is 13.4. The fourth-order valence-electron chi connectivity index (χ4n) is 2.47. The summed E-state index contributed by atoms with van der Waals surface area (Å²) in [5, 5.41) is 3.95. The molecule has 0 saturated carbocycles. The van der Waals surface area contributed by atoms with Gasteiger partial charge in [0.1, 0.15) is 16.3 Å². The zero-order valence-corrected chi connectivity index (χ0v) is 16.0. The molecule has 0 fully saturated rings. The van der Waals surface area contributed by atoms with E-state index in [1.54, 1.807) is 6.07 Å². The number of hydrogen-bond acceptors (Lipinski definition) is 7. The molecule has 0 atom stereocenters. The van der Waals surface area contributed by atoms with Gasteiger partial charge in [-0.2, -0.15) is 0 Å². The Morgan fingerprint density at radius 1 is 1.14 bits per heavy atom. The summed E-state index contributed by atoms with van der Waals surface area (Å²) in [5.74, 6) is -0.217. The second-order valence-corrected chi connectivity index (χ2v) is 7.55. The van der Waals surface area contributed by atoms with Crippen molar-refractivity contribution in [3.05, 3.63) is 65.9 Å². The number of rotatable bonds is 7. The third-order valence-corrected chi connectivity index (χ3v) is 5.37. The summed E-state index contributed by atoms with van der Waals surface area (Å²) in [6, 6.07) is 15.1. The summed E-state index contributed by atoms with van der Waals surface area (Å²) in [7, 11) is -1.19. The molecule has 0 aliphatic heterocycles. The van der Waals surface area contributed by atoms with Crippen molar-refractivity contribution in [1.82, 2.24) is 9.88 Å². The number of ether oxygens (including phenoxy) is 2. The van der Waals surface area contributed by atoms with Gasteiger partial charge in [0.15, 0.2) is 12.4 Å². The van der Waals surface area contributed by atoms with Gasteiger partial charge in [-0.3, -0.25) is 0 Å². The van der Waals surface area contributed by atoms with E-state index in [0.29, 0.717) is 11.5 Å². The monoisotopic (exact) mass is 402 g/mol. The third kappa shape index (κ3) is 4.21. The molecule has 1 heterocycles. The second kappa shape index (κ2) is 8.24. The van der Waals surface area contributed by atoms with Gasteiger partial charge < -0.3 is 14.0 Å². The molecule has 0 radical (unpaired) electrons. The quantitative estimate of drug-likeness (QED) is 0.605. The minimum atomic E-state index is -3.80. The lowest BCUT2D eigenvalue weighted by Crippen LogP contribution is -2.20. The maximum atomic E-state index is 12.3. The van der Waals surface area contributed by atoms with Crippen molar-refractivity contribution in [2.75, 3.05) is 14.2 Å². The smallest absolute Gasteiger partial charge is 0.338 e. The maximum absolute atomic E-state index is 12.3. The lowest BCUT2D eigenvalue weighted by atomic mass is 10.1. The fourth-order valence-corrected chi connectivity index (χ4v) is 3.39. The lowest BCUT2D eigenvalue weighted by molar-refractivity contribution is 0.0437. The molecular formula is C19H18N2O6S. The third-order valence-electron chi connectivity index (χ3n) is 3.93. The maximum Gasteiger partial charge on any atom is 0.338 e. The number of carbonyl (C=O) groups is 1. The summed E-state index contributed by atoms with van der Waals surface area (Å²) in [4.78, 5) is 12.2. The Labute approximate surface area is 162 Å². The molecule has 146 valence electrons. The van der Waals surface area contributed by atoms with Crippen molar-refractivity contribution < 1.29 is 27.2 Å². The Kier molecular flexibility index (Phi) is 5.76. The highest BCUT2D eigenvalue weighted by molar-refractivity contribution is 7.89. The molecule has 0 amide bonds. The highest BCUT2D eigenvalue weighted by Gasteiger charge is 2.21. The van der Waals surface area contributed by atoms with E-state index in [4.69, 9.17) is 14.0 Å². The number of hydrogen-bond donors (Lipinski definition) is 1. The van der Waals surface area contributed by atoms with Crippen LogP contribution in [0.1, 0.15) is 16.1 Å². The molecule has 1 aromatic heterocycles. The number of nitrogens with zero attached hydrogens (tertiary/aromatic N) is 1. The first-order valence-corrected chi connectivity index (χ1v) is 9.72. The summed E-state index contributed by atoms with van der Waals surface area (Å²) < 4.78 is 41.8. The van der Waals surface area contributed by atoms with E-state index >= 15 is 0 Å². The Bertz CT molecular complexity index is 1080. The summed E-state index contributed by atoms with van der Waals surface area (Å²) >= 11 is 0. The van der Waals surface area contributed by atoms with Gasteiger partial charge in [0, 0.05) is 11.6 Å². The van der Waals surface area contributed by atoms with Crippen LogP contribution in [0.4, 0.5) is 0 Å². The molecule has 8 nitrogen and oxygen atoms in total. The van der Waals surface area contributed by atoms with Gasteiger partial charge in [-0.1, -0.05) is 35.5 Å². The van der Waals surface area contributed by atoms with Crippen molar-refractivity contribution in [2.24, 2.45) is 0 Å². The van der Waals surface area contributed by atoms with Crippen molar-refractivity contribution in [1.29, 1.82) is 0 Å². The van der Waals surface area contributed by atoms with Crippen LogP contribution in [0.5, 0.6) is 5.75 Å². The van der Waals surface area contributed by atoms with E-state index in [2.05, 4.69) is 9.88 Å². The van der Waals surface area contributed by atoms with Crippen LogP contribution in [0.25, 0.3) is 11.3 Å². The molecule has 0 aliphatic rings. The van der Waals surface area contributed by atoms with Crippen LogP contribution in [0.3, 0.4) is 0 Å². The van der Waals surface area contributed by atoms with Crippen LogP contribution < -0.4 is 9.46 Å². The van der Waals surface area contributed by atoms with Gasteiger partial charge >= 0.3 is 5.97 Å². The number of carbonyl (C=O) groups excluding carboxylic acids is 1. The van der Waals surface area contributed by atoms with Gasteiger partial charge in [0.05, 0.1) is 12.7 Å². The average molecular weight is 402 g/mol. The van der Waals surface area contributed by atoms with E-state index < -0.39 is 16.0 Å². The Balaban J connectivity index is 1.74. The number of methoxy groups -OCH3 is 1. The van der Waals surface area contributed by atoms with Crippen LogP contribution in [0, 0.1) is 0 Å². The molecule has 3 aromatic rings. The molecule has 0 saturated heterocycles. The van der Waals surface area contributed by atoms with Gasteiger partial charge in [0.25, 0.3) is 0 Å². The van der Waals surface area contributed by atoms with Crippen LogP contribution in [0.15, 0.2) is 64.0 Å². The lowest BCUT2D eigenvalue weighted by Gasteiger charge is -2.10. The van der Waals surface area contributed by atoms with E-state index in [1.807, 2.05) is 30.3 Å². The molecular weight excluding hydrogens is 384 g/mol. The van der Waals surface area contributed by atoms with Crippen molar-refractivity contribution in [3.8, 4) is 17.0 Å². The number of aromatic nitrogens is 1. The van der Waals surface area contributed by atoms with Crippen molar-refractivity contribution in [2.45, 2.75) is 11.5 Å². The van der Waals surface area contributed by atoms with Crippen LogP contribution in [-0.2, 0) is 21.4 Å². The SMILES string of the molecule is CNS(=O)(=O)c1cc(C(=O)OCc2cc(-c3ccccc3)no2)ccc1OC. The topological polar surface area (TPSA) is 108 Å². The molecule has 0 spiro atoms. The minimum Gasteiger partial charge on any atom is -0.495 e. The van der Waals surface area contributed by atoms with E-state index in [1.165, 1.54) is 32.4 Å². The average Bonchev–Trinajstić information content (AvgIpc) is 3.21. The zero-order chi connectivity index (χ0) is 20.1. The van der Waals surface area contributed by atoms with E-state index in [-0.39, 0.29) is 22.8 Å². The number of nitrogens with one attached hydrogen (secondary N) is 1. The molecule has 0 unspecified atom stereocenters. The highest BCUT2D eigenvalue weighted by Crippen LogP contribution is 2.25. The number of esters is 1. The predicted octanol–water partition coefficient (Wildman–Crippen LogP) is 2.62. The zero-order valence-electron chi connectivity index (χ0n) is 15.2. The molecule has 0 bridgehead atoms. The van der Waals surface area contributed by atoms with Crippen molar-refractivity contribution >= 4 is 16.0 Å². The largest absolute Gasteiger partial charge is 0.495 e. The fraction of sp³-hybridized carbons (Fsp3) is 0.158. The molecule has 1 N–H and O–H groups in total. The van der Waals surface area contributed by atoms with Gasteiger partial charge in [-0.25, -0.2) is 17.9 Å².